The van der Waals surface area contributed by atoms with Crippen molar-refractivity contribution >= 4 is 0 Å². The van der Waals surface area contributed by atoms with E-state index in [0.717, 1.165) is 33.9 Å². The van der Waals surface area contributed by atoms with Crippen LogP contribution in [0, 0.1) is 13.8 Å². The fraction of sp³-hybridized carbons (Fsp3) is 0.0909. The van der Waals surface area contributed by atoms with E-state index >= 15 is 0 Å². The summed E-state index contributed by atoms with van der Waals surface area (Å²) in [4.78, 5) is 16.5. The summed E-state index contributed by atoms with van der Waals surface area (Å²) < 4.78 is 0. The summed E-state index contributed by atoms with van der Waals surface area (Å²) in [6, 6.07) is 24.2. The van der Waals surface area contributed by atoms with Gasteiger partial charge in [-0.2, -0.15) is 0 Å². The first kappa shape index (κ1) is 20.6. The summed E-state index contributed by atoms with van der Waals surface area (Å²) in [6.07, 6.45) is 3.19. The zero-order valence-electron chi connectivity index (χ0n) is 15.2. The molecule has 4 rings (SSSR count). The second-order valence-corrected chi connectivity index (χ2v) is 5.82. The molecule has 0 N–H and O–H groups in total. The molecular weight excluding hydrogens is 512 g/mol. The Hall–Kier alpha value is -2.75. The summed E-state index contributed by atoms with van der Waals surface area (Å²) in [7, 11) is 0. The van der Waals surface area contributed by atoms with Crippen molar-refractivity contribution in [2.24, 2.45) is 0 Å². The van der Waals surface area contributed by atoms with Crippen LogP contribution in [0.1, 0.15) is 11.4 Å². The molecule has 0 aliphatic carbocycles. The Morgan fingerprint density at radius 3 is 1.22 bits per heavy atom. The van der Waals surface area contributed by atoms with Gasteiger partial charge in [0, 0.05) is 42.6 Å². The Morgan fingerprint density at radius 1 is 0.519 bits per heavy atom. The van der Waals surface area contributed by atoms with Crippen molar-refractivity contribution < 1.29 is 20.1 Å². The zero-order chi connectivity index (χ0) is 18.2. The maximum absolute atomic E-state index is 4.20. The van der Waals surface area contributed by atoms with Crippen LogP contribution in [0.25, 0.3) is 22.5 Å². The van der Waals surface area contributed by atoms with Crippen LogP contribution in [0.5, 0.6) is 0 Å². The molecule has 5 heteroatoms. The minimum absolute atomic E-state index is 0. The molecular formula is C22H20IrN4. The number of nitrogens with zero attached hydrogens (tertiary/aromatic N) is 4. The Bertz CT molecular complexity index is 879. The number of hydrogen-bond acceptors (Lipinski definition) is 4. The molecule has 0 atom stereocenters. The topological polar surface area (TPSA) is 51.6 Å². The van der Waals surface area contributed by atoms with Gasteiger partial charge in [0.25, 0.3) is 0 Å². The first-order valence-electron chi connectivity index (χ1n) is 8.40. The Morgan fingerprint density at radius 2 is 0.889 bits per heavy atom. The summed E-state index contributed by atoms with van der Waals surface area (Å²) in [5.41, 5.74) is 6.21. The third-order valence-electron chi connectivity index (χ3n) is 3.75. The molecule has 137 valence electrons. The van der Waals surface area contributed by atoms with Crippen LogP contribution < -0.4 is 0 Å². The van der Waals surface area contributed by atoms with Gasteiger partial charge in [0.1, 0.15) is 12.7 Å². The van der Waals surface area contributed by atoms with E-state index in [9.17, 15) is 0 Å². The average molecular weight is 533 g/mol. The van der Waals surface area contributed by atoms with E-state index in [4.69, 9.17) is 0 Å². The van der Waals surface area contributed by atoms with E-state index in [2.05, 4.69) is 19.9 Å². The predicted octanol–water partition coefficient (Wildman–Crippen LogP) is 4.90. The fourth-order valence-electron chi connectivity index (χ4n) is 2.44. The van der Waals surface area contributed by atoms with Crippen molar-refractivity contribution in [1.29, 1.82) is 0 Å². The number of hydrogen-bond donors (Lipinski definition) is 0. The van der Waals surface area contributed by atoms with Gasteiger partial charge in [0.15, 0.2) is 0 Å². The maximum Gasteiger partial charge on any atom is 0.116 e. The normalized spacial score (nSPS) is 9.56. The Balaban J connectivity index is 0.000000187. The van der Waals surface area contributed by atoms with Gasteiger partial charge in [0.2, 0.25) is 0 Å². The summed E-state index contributed by atoms with van der Waals surface area (Å²) in [5.74, 6) is 0. The van der Waals surface area contributed by atoms with Crippen LogP contribution in [-0.4, -0.2) is 19.9 Å². The molecule has 4 nitrogen and oxygen atoms in total. The molecule has 1 radical (unpaired) electrons. The number of aryl methyl sites for hydroxylation is 2. The summed E-state index contributed by atoms with van der Waals surface area (Å²) in [5, 5.41) is 0. The standard InChI is InChI=1S/2C11H10N2.Ir/c2*1-9-7-11(13-8-12-9)10-5-3-2-4-6-10;/h2*2-8H,1H3;. The molecule has 2 aromatic carbocycles. The number of aromatic nitrogens is 4. The van der Waals surface area contributed by atoms with Gasteiger partial charge < -0.3 is 0 Å². The van der Waals surface area contributed by atoms with Crippen molar-refractivity contribution in [2.75, 3.05) is 0 Å². The molecule has 0 spiro atoms. The Labute approximate surface area is 173 Å². The number of benzene rings is 2. The monoisotopic (exact) mass is 533 g/mol. The molecule has 2 heterocycles. The third kappa shape index (κ3) is 6.17. The molecule has 2 aromatic heterocycles. The first-order valence-corrected chi connectivity index (χ1v) is 8.40. The van der Waals surface area contributed by atoms with Crippen molar-refractivity contribution in [2.45, 2.75) is 13.8 Å². The van der Waals surface area contributed by atoms with Crippen LogP contribution in [0.3, 0.4) is 0 Å². The summed E-state index contributed by atoms with van der Waals surface area (Å²) >= 11 is 0. The molecule has 0 saturated heterocycles. The van der Waals surface area contributed by atoms with Crippen molar-refractivity contribution in [3.05, 3.63) is 96.8 Å². The molecule has 4 aromatic rings. The number of rotatable bonds is 2. The molecule has 0 aliphatic heterocycles. The second-order valence-electron chi connectivity index (χ2n) is 5.82. The van der Waals surface area contributed by atoms with Crippen LogP contribution in [0.15, 0.2) is 85.5 Å². The minimum Gasteiger partial charge on any atom is -0.242 e. The molecule has 0 saturated carbocycles. The van der Waals surface area contributed by atoms with Crippen molar-refractivity contribution in [3.8, 4) is 22.5 Å². The molecule has 0 bridgehead atoms. The molecule has 0 aliphatic rings. The smallest absolute Gasteiger partial charge is 0.116 e. The molecule has 27 heavy (non-hydrogen) atoms. The van der Waals surface area contributed by atoms with Gasteiger partial charge >= 0.3 is 0 Å². The van der Waals surface area contributed by atoms with Crippen LogP contribution in [0.2, 0.25) is 0 Å². The predicted molar refractivity (Wildman–Crippen MR) is 104 cm³/mol. The summed E-state index contributed by atoms with van der Waals surface area (Å²) in [6.45, 7) is 3.93. The van der Waals surface area contributed by atoms with Gasteiger partial charge in [0.05, 0.1) is 11.4 Å². The maximum atomic E-state index is 4.20. The quantitative estimate of drug-likeness (QED) is 0.369. The van der Waals surface area contributed by atoms with E-state index in [1.807, 2.05) is 86.6 Å². The van der Waals surface area contributed by atoms with E-state index in [1.165, 1.54) is 0 Å². The third-order valence-corrected chi connectivity index (χ3v) is 3.75. The van der Waals surface area contributed by atoms with E-state index in [1.54, 1.807) is 12.7 Å². The zero-order valence-corrected chi connectivity index (χ0v) is 17.6. The fourth-order valence-corrected chi connectivity index (χ4v) is 2.44. The van der Waals surface area contributed by atoms with Crippen LogP contribution >= 0.6 is 0 Å². The average Bonchev–Trinajstić information content (AvgIpc) is 2.70. The molecule has 0 fully saturated rings. The van der Waals surface area contributed by atoms with Crippen LogP contribution in [0.4, 0.5) is 0 Å². The van der Waals surface area contributed by atoms with Gasteiger partial charge in [-0.25, -0.2) is 19.9 Å². The minimum atomic E-state index is 0. The Kier molecular flexibility index (Phi) is 7.93. The van der Waals surface area contributed by atoms with E-state index in [0.29, 0.717) is 0 Å². The van der Waals surface area contributed by atoms with Crippen molar-refractivity contribution in [1.82, 2.24) is 19.9 Å². The first-order chi connectivity index (χ1) is 12.7. The van der Waals surface area contributed by atoms with E-state index in [-0.39, 0.29) is 20.1 Å². The second kappa shape index (κ2) is 10.4. The van der Waals surface area contributed by atoms with E-state index < -0.39 is 0 Å². The SMILES string of the molecule is Cc1cc(-c2ccccc2)ncn1.Cc1cc(-c2ccccc2)ncn1.[Ir]. The molecule has 0 amide bonds. The van der Waals surface area contributed by atoms with Gasteiger partial charge in [-0.05, 0) is 26.0 Å². The van der Waals surface area contributed by atoms with Gasteiger partial charge in [-0.3, -0.25) is 0 Å². The van der Waals surface area contributed by atoms with Crippen LogP contribution in [-0.2, 0) is 20.1 Å². The largest absolute Gasteiger partial charge is 0.242 e. The van der Waals surface area contributed by atoms with Gasteiger partial charge in [-0.15, -0.1) is 0 Å². The molecule has 0 unspecified atom stereocenters. The van der Waals surface area contributed by atoms with Gasteiger partial charge in [-0.1, -0.05) is 60.7 Å². The van der Waals surface area contributed by atoms with Crippen molar-refractivity contribution in [3.63, 3.8) is 0 Å².